The third-order valence-electron chi connectivity index (χ3n) is 4.10. The lowest BCUT2D eigenvalue weighted by Gasteiger charge is -2.46. The van der Waals surface area contributed by atoms with E-state index in [9.17, 15) is 8.42 Å². The zero-order valence-corrected chi connectivity index (χ0v) is 11.7. The van der Waals surface area contributed by atoms with Crippen LogP contribution in [0.5, 0.6) is 0 Å². The van der Waals surface area contributed by atoms with Gasteiger partial charge in [0.15, 0.2) is 9.84 Å². The number of sulfone groups is 1. The normalized spacial score (nSPS) is 34.8. The molecule has 100 valence electrons. The predicted molar refractivity (Wildman–Crippen MR) is 69.9 cm³/mol. The van der Waals surface area contributed by atoms with Crippen molar-refractivity contribution in [1.29, 1.82) is 0 Å². The molecule has 2 atom stereocenters. The van der Waals surface area contributed by atoms with Crippen LogP contribution in [0.4, 0.5) is 0 Å². The van der Waals surface area contributed by atoms with Gasteiger partial charge in [-0.3, -0.25) is 0 Å². The predicted octanol–water partition coefficient (Wildman–Crippen LogP) is 0.493. The molecule has 2 unspecified atom stereocenters. The van der Waals surface area contributed by atoms with Gasteiger partial charge in [0.1, 0.15) is 0 Å². The number of nitrogens with zero attached hydrogens (tertiary/aromatic N) is 1. The molecule has 0 aliphatic carbocycles. The van der Waals surface area contributed by atoms with Crippen LogP contribution in [0, 0.1) is 5.92 Å². The van der Waals surface area contributed by atoms with Crippen molar-refractivity contribution in [3.63, 3.8) is 0 Å². The molecule has 4 nitrogen and oxygen atoms in total. The molecule has 2 bridgehead atoms. The highest BCUT2D eigenvalue weighted by Gasteiger charge is 2.34. The maximum absolute atomic E-state index is 11.6. The molecule has 1 N–H and O–H groups in total. The second-order valence-electron chi connectivity index (χ2n) is 5.51. The van der Waals surface area contributed by atoms with Gasteiger partial charge in [-0.05, 0) is 38.8 Å². The van der Waals surface area contributed by atoms with E-state index in [0.29, 0.717) is 6.04 Å². The van der Waals surface area contributed by atoms with E-state index in [4.69, 9.17) is 0 Å². The summed E-state index contributed by atoms with van der Waals surface area (Å²) in [5, 5.41) is 3.52. The minimum atomic E-state index is -2.86. The number of fused-ring (bicyclic) bond motifs is 3. The second-order valence-corrected chi connectivity index (χ2v) is 7.91. The number of hydrogen-bond donors (Lipinski definition) is 1. The molecule has 0 spiro atoms. The molecule has 0 aromatic carbocycles. The molecule has 3 aliphatic heterocycles. The Hall–Kier alpha value is -0.130. The van der Waals surface area contributed by atoms with E-state index >= 15 is 0 Å². The van der Waals surface area contributed by atoms with Crippen molar-refractivity contribution in [1.82, 2.24) is 10.2 Å². The third kappa shape index (κ3) is 3.42. The first kappa shape index (κ1) is 13.3. The van der Waals surface area contributed by atoms with Gasteiger partial charge < -0.3 is 10.2 Å². The van der Waals surface area contributed by atoms with Crippen LogP contribution >= 0.6 is 0 Å². The van der Waals surface area contributed by atoms with Crippen LogP contribution in [-0.2, 0) is 9.84 Å². The summed E-state index contributed by atoms with van der Waals surface area (Å²) >= 11 is 0. The van der Waals surface area contributed by atoms with Gasteiger partial charge >= 0.3 is 0 Å². The first-order valence-electron chi connectivity index (χ1n) is 6.69. The monoisotopic (exact) mass is 260 g/mol. The topological polar surface area (TPSA) is 49.4 Å². The van der Waals surface area contributed by atoms with Crippen molar-refractivity contribution >= 4 is 9.84 Å². The Balaban J connectivity index is 1.85. The Morgan fingerprint density at radius 3 is 2.47 bits per heavy atom. The van der Waals surface area contributed by atoms with Crippen molar-refractivity contribution in [2.75, 3.05) is 31.1 Å². The first-order valence-corrected chi connectivity index (χ1v) is 8.51. The van der Waals surface area contributed by atoms with Crippen LogP contribution in [-0.4, -0.2) is 56.5 Å². The van der Waals surface area contributed by atoms with Gasteiger partial charge in [-0.2, -0.15) is 0 Å². The van der Waals surface area contributed by atoms with E-state index in [1.54, 1.807) is 6.92 Å². The summed E-state index contributed by atoms with van der Waals surface area (Å²) in [6, 6.07) is 0.574. The fourth-order valence-corrected chi connectivity index (χ4v) is 4.16. The number of nitrogens with one attached hydrogen (secondary N) is 1. The molecule has 0 aromatic rings. The summed E-state index contributed by atoms with van der Waals surface area (Å²) in [5.41, 5.74) is 0. The van der Waals surface area contributed by atoms with Crippen LogP contribution in [0.2, 0.25) is 0 Å². The minimum absolute atomic E-state index is 0.0745. The zero-order valence-electron chi connectivity index (χ0n) is 10.9. The molecule has 5 heteroatoms. The molecule has 0 radical (unpaired) electrons. The lowest BCUT2D eigenvalue weighted by atomic mass is 9.84. The van der Waals surface area contributed by atoms with Crippen molar-refractivity contribution < 1.29 is 8.42 Å². The van der Waals surface area contributed by atoms with Gasteiger partial charge in [-0.25, -0.2) is 8.42 Å². The highest BCUT2D eigenvalue weighted by Crippen LogP contribution is 2.27. The summed E-state index contributed by atoms with van der Waals surface area (Å²) < 4.78 is 23.1. The lowest BCUT2D eigenvalue weighted by molar-refractivity contribution is 0.0692. The highest BCUT2D eigenvalue weighted by atomic mass is 32.2. The van der Waals surface area contributed by atoms with Crippen molar-refractivity contribution in [2.24, 2.45) is 5.92 Å². The molecule has 3 heterocycles. The smallest absolute Gasteiger partial charge is 0.151 e. The van der Waals surface area contributed by atoms with Crippen molar-refractivity contribution in [3.05, 3.63) is 0 Å². The molecule has 0 saturated carbocycles. The Bertz CT molecular complexity index is 348. The Labute approximate surface area is 105 Å². The van der Waals surface area contributed by atoms with Gasteiger partial charge in [0, 0.05) is 24.4 Å². The Morgan fingerprint density at radius 1 is 1.35 bits per heavy atom. The fraction of sp³-hybridized carbons (Fsp3) is 1.00. The van der Waals surface area contributed by atoms with Crippen LogP contribution in [0.15, 0.2) is 0 Å². The molecule has 3 aliphatic rings. The molecule has 3 rings (SSSR count). The molecule has 0 amide bonds. The van der Waals surface area contributed by atoms with Gasteiger partial charge in [-0.15, -0.1) is 0 Å². The summed E-state index contributed by atoms with van der Waals surface area (Å²) in [5.74, 6) is 1.28. The van der Waals surface area contributed by atoms with Gasteiger partial charge in [-0.1, -0.05) is 6.92 Å². The number of piperidine rings is 3. The highest BCUT2D eigenvalue weighted by molar-refractivity contribution is 7.91. The van der Waals surface area contributed by atoms with Crippen LogP contribution in [0.1, 0.15) is 26.7 Å². The standard InChI is InChI=1S/C12H24N2O2S/c1-3-17(15,16)9-10(2)13-12-8-14-6-4-11(12)5-7-14/h10-13H,3-9H2,1-2H3. The minimum Gasteiger partial charge on any atom is -0.309 e. The van der Waals surface area contributed by atoms with Crippen molar-refractivity contribution in [2.45, 2.75) is 38.8 Å². The molecule has 17 heavy (non-hydrogen) atoms. The Morgan fingerprint density at radius 2 is 2.00 bits per heavy atom. The third-order valence-corrected chi connectivity index (χ3v) is 5.99. The van der Waals surface area contributed by atoms with E-state index in [-0.39, 0.29) is 17.5 Å². The lowest BCUT2D eigenvalue weighted by Crippen LogP contribution is -2.58. The molecule has 0 aromatic heterocycles. The largest absolute Gasteiger partial charge is 0.309 e. The van der Waals surface area contributed by atoms with E-state index in [0.717, 1.165) is 12.5 Å². The zero-order chi connectivity index (χ0) is 12.5. The van der Waals surface area contributed by atoms with Crippen LogP contribution in [0.3, 0.4) is 0 Å². The molecule has 3 saturated heterocycles. The SMILES string of the molecule is CCS(=O)(=O)CC(C)NC1CN2CCC1CC2. The van der Waals surface area contributed by atoms with Crippen molar-refractivity contribution in [3.8, 4) is 0 Å². The Kier molecular flexibility index (Phi) is 4.10. The van der Waals surface area contributed by atoms with Crippen LogP contribution < -0.4 is 5.32 Å². The van der Waals surface area contributed by atoms with E-state index < -0.39 is 9.84 Å². The summed E-state index contributed by atoms with van der Waals surface area (Å²) in [6.07, 6.45) is 2.54. The van der Waals surface area contributed by atoms with Gasteiger partial charge in [0.05, 0.1) is 5.75 Å². The van der Waals surface area contributed by atoms with E-state index in [2.05, 4.69) is 10.2 Å². The fourth-order valence-electron chi connectivity index (χ4n) is 3.07. The maximum atomic E-state index is 11.6. The van der Waals surface area contributed by atoms with E-state index in [1.165, 1.54) is 25.9 Å². The molecular weight excluding hydrogens is 236 g/mol. The first-order chi connectivity index (χ1) is 8.00. The summed E-state index contributed by atoms with van der Waals surface area (Å²) in [4.78, 5) is 2.48. The number of rotatable bonds is 5. The quantitative estimate of drug-likeness (QED) is 0.782. The van der Waals surface area contributed by atoms with Gasteiger partial charge in [0.2, 0.25) is 0 Å². The summed E-state index contributed by atoms with van der Waals surface area (Å²) in [7, 11) is -2.86. The molecular formula is C12H24N2O2S. The second kappa shape index (κ2) is 5.24. The van der Waals surface area contributed by atoms with Gasteiger partial charge in [0.25, 0.3) is 0 Å². The van der Waals surface area contributed by atoms with E-state index in [1.807, 2.05) is 6.92 Å². The molecule has 3 fully saturated rings. The maximum Gasteiger partial charge on any atom is 0.151 e. The number of hydrogen-bond acceptors (Lipinski definition) is 4. The average Bonchev–Trinajstić information content (AvgIpc) is 2.29. The van der Waals surface area contributed by atoms with Crippen LogP contribution in [0.25, 0.3) is 0 Å². The average molecular weight is 260 g/mol. The summed E-state index contributed by atoms with van der Waals surface area (Å²) in [6.45, 7) is 7.26.